The van der Waals surface area contributed by atoms with Crippen LogP contribution in [0.4, 0.5) is 0 Å². The molecule has 0 saturated heterocycles. The lowest BCUT2D eigenvalue weighted by molar-refractivity contribution is -0.132. The molecule has 0 amide bonds. The van der Waals surface area contributed by atoms with Crippen LogP contribution in [0.3, 0.4) is 0 Å². The van der Waals surface area contributed by atoms with Crippen molar-refractivity contribution in [1.82, 2.24) is 0 Å². The summed E-state index contributed by atoms with van der Waals surface area (Å²) >= 11 is 0. The van der Waals surface area contributed by atoms with Crippen molar-refractivity contribution in [3.05, 3.63) is 72.9 Å². The van der Waals surface area contributed by atoms with Crippen molar-refractivity contribution in [2.75, 3.05) is 0 Å². The predicted molar refractivity (Wildman–Crippen MR) is 68.1 cm³/mol. The van der Waals surface area contributed by atoms with Crippen LogP contribution in [0.15, 0.2) is 72.9 Å². The maximum absolute atomic E-state index is 10.7. The molecule has 0 aliphatic rings. The summed E-state index contributed by atoms with van der Waals surface area (Å²) in [6.07, 6.45) is 0. The average Bonchev–Trinajstić information content (AvgIpc) is 2.23. The Morgan fingerprint density at radius 3 is 1.38 bits per heavy atom. The van der Waals surface area contributed by atoms with Crippen molar-refractivity contribution in [2.45, 2.75) is 6.92 Å². The molecule has 2 nitrogen and oxygen atoms in total. The van der Waals surface area contributed by atoms with Crippen LogP contribution in [0.5, 0.6) is 0 Å². The van der Waals surface area contributed by atoms with Crippen LogP contribution in [0.2, 0.25) is 0 Å². The van der Waals surface area contributed by atoms with Gasteiger partial charge in [0.15, 0.2) is 0 Å². The van der Waals surface area contributed by atoms with Crippen LogP contribution in [-0.2, 0) is 4.79 Å². The molecule has 0 heterocycles. The fourth-order valence-corrected chi connectivity index (χ4v) is 0.933. The molecular formula is C14H16O2. The molecule has 0 fully saturated rings. The Hall–Kier alpha value is -2.09. The fraction of sp³-hybridized carbons (Fsp3) is 0.0714. The van der Waals surface area contributed by atoms with Gasteiger partial charge >= 0.3 is 5.97 Å². The first-order chi connectivity index (χ1) is 7.20. The smallest absolute Gasteiger partial charge is 0.335 e. The van der Waals surface area contributed by atoms with Crippen LogP contribution >= 0.6 is 0 Å². The first-order valence-electron chi connectivity index (χ1n) is 4.55. The normalized spacial score (nSPS) is 9.06. The third-order valence-corrected chi connectivity index (χ3v) is 2.23. The number of aliphatic carboxylic acids is 1. The van der Waals surface area contributed by atoms with Crippen LogP contribution in [-0.4, -0.2) is 11.1 Å². The summed E-state index contributed by atoms with van der Waals surface area (Å²) < 4.78 is 0. The maximum Gasteiger partial charge on any atom is 0.335 e. The molecule has 2 heteroatoms. The topological polar surface area (TPSA) is 37.3 Å². The van der Waals surface area contributed by atoms with Gasteiger partial charge in [0.2, 0.25) is 0 Å². The molecule has 0 unspecified atom stereocenters. The molecule has 0 aromatic heterocycles. The summed E-state index contributed by atoms with van der Waals surface area (Å²) in [6.45, 7) is 23.9. The highest BCUT2D eigenvalue weighted by atomic mass is 16.4. The third kappa shape index (κ3) is 2.95. The quantitative estimate of drug-likeness (QED) is 0.545. The van der Waals surface area contributed by atoms with E-state index in [1.54, 1.807) is 6.92 Å². The summed E-state index contributed by atoms with van der Waals surface area (Å²) in [5.74, 6) is -1.13. The Bertz CT molecular complexity index is 394. The standard InChI is InChI=1S/C14H16O2/c1-8(2)9(3)10(4)11(5)12(6)13(7)14(15)16/h1,3-7H2,2H3,(H,15,16). The summed E-state index contributed by atoms with van der Waals surface area (Å²) in [4.78, 5) is 10.7. The van der Waals surface area contributed by atoms with Gasteiger partial charge in [-0.2, -0.15) is 0 Å². The van der Waals surface area contributed by atoms with Gasteiger partial charge in [0.1, 0.15) is 0 Å². The minimum Gasteiger partial charge on any atom is -0.478 e. The summed E-state index contributed by atoms with van der Waals surface area (Å²) in [5, 5.41) is 8.76. The zero-order chi connectivity index (χ0) is 13.0. The van der Waals surface area contributed by atoms with Gasteiger partial charge < -0.3 is 5.11 Å². The monoisotopic (exact) mass is 216 g/mol. The number of rotatable bonds is 6. The number of hydrogen-bond donors (Lipinski definition) is 1. The molecule has 0 bridgehead atoms. The second-order valence-electron chi connectivity index (χ2n) is 3.48. The van der Waals surface area contributed by atoms with Gasteiger partial charge in [-0.1, -0.05) is 45.0 Å². The van der Waals surface area contributed by atoms with E-state index in [-0.39, 0.29) is 11.1 Å². The Kier molecular flexibility index (Phi) is 4.45. The van der Waals surface area contributed by atoms with Gasteiger partial charge in [0, 0.05) is 0 Å². The molecular weight excluding hydrogens is 200 g/mol. The summed E-state index contributed by atoms with van der Waals surface area (Å²) in [5.41, 5.74) is 2.48. The zero-order valence-electron chi connectivity index (χ0n) is 9.60. The second-order valence-corrected chi connectivity index (χ2v) is 3.48. The molecule has 84 valence electrons. The zero-order valence-corrected chi connectivity index (χ0v) is 9.60. The Labute approximate surface area is 96.3 Å². The van der Waals surface area contributed by atoms with Crippen molar-refractivity contribution in [3.8, 4) is 0 Å². The van der Waals surface area contributed by atoms with E-state index in [4.69, 9.17) is 5.11 Å². The maximum atomic E-state index is 10.7. The van der Waals surface area contributed by atoms with Crippen molar-refractivity contribution in [2.24, 2.45) is 0 Å². The summed E-state index contributed by atoms with van der Waals surface area (Å²) in [7, 11) is 0. The number of carboxylic acids is 1. The predicted octanol–water partition coefficient (Wildman–Crippen LogP) is 3.43. The van der Waals surface area contributed by atoms with Gasteiger partial charge in [0.05, 0.1) is 5.57 Å². The van der Waals surface area contributed by atoms with E-state index in [1.807, 2.05) is 0 Å². The molecule has 1 N–H and O–H groups in total. The SMILES string of the molecule is C=C(C)C(=C)C(=C)C(=C)C(=C)C(=C)C(=O)O. The lowest BCUT2D eigenvalue weighted by atomic mass is 9.90. The molecule has 0 aromatic carbocycles. The first-order valence-corrected chi connectivity index (χ1v) is 4.55. The van der Waals surface area contributed by atoms with Crippen molar-refractivity contribution < 1.29 is 9.90 Å². The van der Waals surface area contributed by atoms with E-state index in [2.05, 4.69) is 39.5 Å². The number of hydrogen-bond acceptors (Lipinski definition) is 1. The highest BCUT2D eigenvalue weighted by Crippen LogP contribution is 2.27. The molecule has 0 rings (SSSR count). The first kappa shape index (κ1) is 13.9. The molecule has 0 saturated carbocycles. The van der Waals surface area contributed by atoms with Crippen LogP contribution in [0.1, 0.15) is 6.92 Å². The largest absolute Gasteiger partial charge is 0.478 e. The highest BCUT2D eigenvalue weighted by molar-refractivity contribution is 5.93. The Balaban J connectivity index is 4.97. The van der Waals surface area contributed by atoms with E-state index in [1.165, 1.54) is 0 Å². The van der Waals surface area contributed by atoms with Crippen molar-refractivity contribution in [1.29, 1.82) is 0 Å². The Morgan fingerprint density at radius 2 is 1.06 bits per heavy atom. The fourth-order valence-electron chi connectivity index (χ4n) is 0.933. The number of allylic oxidation sites excluding steroid dienone is 4. The van der Waals surface area contributed by atoms with E-state index in [9.17, 15) is 4.79 Å². The van der Waals surface area contributed by atoms with E-state index in [0.29, 0.717) is 16.7 Å². The molecule has 0 aromatic rings. The van der Waals surface area contributed by atoms with Crippen LogP contribution < -0.4 is 0 Å². The number of carboxylic acid groups (broad SMARTS) is 1. The number of carbonyl (C=O) groups is 1. The third-order valence-electron chi connectivity index (χ3n) is 2.23. The average molecular weight is 216 g/mol. The Morgan fingerprint density at radius 1 is 0.750 bits per heavy atom. The molecule has 16 heavy (non-hydrogen) atoms. The molecule has 0 atom stereocenters. The summed E-state index contributed by atoms with van der Waals surface area (Å²) in [6, 6.07) is 0. The molecule has 0 aliphatic heterocycles. The second kappa shape index (κ2) is 5.12. The molecule has 0 spiro atoms. The van der Waals surface area contributed by atoms with Gasteiger partial charge in [-0.15, -0.1) is 0 Å². The van der Waals surface area contributed by atoms with Gasteiger partial charge in [0.25, 0.3) is 0 Å². The van der Waals surface area contributed by atoms with E-state index < -0.39 is 5.97 Å². The van der Waals surface area contributed by atoms with Gasteiger partial charge in [-0.25, -0.2) is 4.79 Å². The van der Waals surface area contributed by atoms with Crippen molar-refractivity contribution >= 4 is 5.97 Å². The minimum absolute atomic E-state index is 0.0966. The molecule has 0 aliphatic carbocycles. The minimum atomic E-state index is -1.13. The lowest BCUT2D eigenvalue weighted by Crippen LogP contribution is -2.05. The van der Waals surface area contributed by atoms with E-state index in [0.717, 1.165) is 5.57 Å². The molecule has 0 radical (unpaired) electrons. The van der Waals surface area contributed by atoms with E-state index >= 15 is 0 Å². The van der Waals surface area contributed by atoms with Crippen LogP contribution in [0.25, 0.3) is 0 Å². The van der Waals surface area contributed by atoms with Crippen molar-refractivity contribution in [3.63, 3.8) is 0 Å². The van der Waals surface area contributed by atoms with Gasteiger partial charge in [-0.05, 0) is 29.2 Å². The highest BCUT2D eigenvalue weighted by Gasteiger charge is 2.14. The van der Waals surface area contributed by atoms with Gasteiger partial charge in [-0.3, -0.25) is 0 Å². The van der Waals surface area contributed by atoms with Crippen LogP contribution in [0, 0.1) is 0 Å². The lowest BCUT2D eigenvalue weighted by Gasteiger charge is -2.14.